The Morgan fingerprint density at radius 1 is 1.33 bits per heavy atom. The lowest BCUT2D eigenvalue weighted by molar-refractivity contribution is -0.158. The molecule has 8 heteroatoms. The number of fused-ring (bicyclic) bond motifs is 3. The van der Waals surface area contributed by atoms with E-state index in [9.17, 15) is 9.59 Å². The van der Waals surface area contributed by atoms with E-state index in [1.165, 1.54) is 10.6 Å². The third-order valence-corrected chi connectivity index (χ3v) is 4.09. The summed E-state index contributed by atoms with van der Waals surface area (Å²) in [4.78, 5) is 26.1. The predicted molar refractivity (Wildman–Crippen MR) is 68.8 cm³/mol. The summed E-state index contributed by atoms with van der Waals surface area (Å²) < 4.78 is 24.1. The van der Waals surface area contributed by atoms with Crippen LogP contribution < -0.4 is 11.2 Å². The number of ether oxygens (including phenoxy) is 4. The van der Waals surface area contributed by atoms with Crippen LogP contribution in [0.3, 0.4) is 0 Å². The number of aromatic amines is 1. The van der Waals surface area contributed by atoms with Gasteiger partial charge in [-0.15, -0.1) is 0 Å². The van der Waals surface area contributed by atoms with Crippen molar-refractivity contribution < 1.29 is 18.9 Å². The first-order valence-corrected chi connectivity index (χ1v) is 6.87. The molecule has 3 aliphatic heterocycles. The molecular weight excluding hydrogens is 280 g/mol. The van der Waals surface area contributed by atoms with E-state index in [0.29, 0.717) is 12.3 Å². The summed E-state index contributed by atoms with van der Waals surface area (Å²) in [5.74, 6) is -0.767. The van der Waals surface area contributed by atoms with E-state index in [4.69, 9.17) is 18.9 Å². The number of aromatic nitrogens is 2. The first-order chi connectivity index (χ1) is 9.96. The van der Waals surface area contributed by atoms with Crippen LogP contribution in [-0.2, 0) is 18.9 Å². The van der Waals surface area contributed by atoms with Gasteiger partial charge in [0.15, 0.2) is 5.79 Å². The molecule has 3 aliphatic rings. The summed E-state index contributed by atoms with van der Waals surface area (Å²) in [6.07, 6.45) is -1.14. The molecule has 1 aromatic heterocycles. The fraction of sp³-hybridized carbons (Fsp3) is 0.692. The average Bonchev–Trinajstić information content (AvgIpc) is 3.04. The molecule has 21 heavy (non-hydrogen) atoms. The average molecular weight is 296 g/mol. The van der Waals surface area contributed by atoms with Crippen molar-refractivity contribution in [3.05, 3.63) is 32.6 Å². The van der Waals surface area contributed by atoms with Crippen LogP contribution in [0, 0.1) is 0 Å². The zero-order valence-corrected chi connectivity index (χ0v) is 11.7. The van der Waals surface area contributed by atoms with Gasteiger partial charge in [-0.05, 0) is 13.8 Å². The maximum absolute atomic E-state index is 12.2. The van der Waals surface area contributed by atoms with Crippen molar-refractivity contribution in [2.45, 2.75) is 44.0 Å². The van der Waals surface area contributed by atoms with E-state index in [1.54, 1.807) is 0 Å². The van der Waals surface area contributed by atoms with Crippen molar-refractivity contribution in [1.29, 1.82) is 0 Å². The first-order valence-electron chi connectivity index (χ1n) is 6.87. The van der Waals surface area contributed by atoms with E-state index in [2.05, 4.69) is 4.98 Å². The van der Waals surface area contributed by atoms with Crippen molar-refractivity contribution in [2.75, 3.05) is 13.4 Å². The molecule has 4 rings (SSSR count). The molecule has 0 saturated carbocycles. The van der Waals surface area contributed by atoms with Crippen LogP contribution in [0.15, 0.2) is 15.7 Å². The molecule has 0 aliphatic carbocycles. The van der Waals surface area contributed by atoms with Gasteiger partial charge in [-0.1, -0.05) is 0 Å². The number of nitrogens with zero attached hydrogens (tertiary/aromatic N) is 1. The maximum Gasteiger partial charge on any atom is 0.329 e. The smallest absolute Gasteiger partial charge is 0.329 e. The second kappa shape index (κ2) is 4.26. The van der Waals surface area contributed by atoms with Crippen LogP contribution >= 0.6 is 0 Å². The highest BCUT2D eigenvalue weighted by Crippen LogP contribution is 2.48. The third-order valence-electron chi connectivity index (χ3n) is 4.09. The van der Waals surface area contributed by atoms with Gasteiger partial charge < -0.3 is 18.9 Å². The van der Waals surface area contributed by atoms with Gasteiger partial charge in [-0.3, -0.25) is 14.3 Å². The van der Waals surface area contributed by atoms with E-state index in [1.807, 2.05) is 13.8 Å². The summed E-state index contributed by atoms with van der Waals surface area (Å²) in [7, 11) is 0. The lowest BCUT2D eigenvalue weighted by atomic mass is 10.0. The van der Waals surface area contributed by atoms with Gasteiger partial charge in [0.1, 0.15) is 25.1 Å². The third kappa shape index (κ3) is 1.90. The molecule has 1 N–H and O–H groups in total. The van der Waals surface area contributed by atoms with Crippen molar-refractivity contribution in [2.24, 2.45) is 0 Å². The maximum atomic E-state index is 12.2. The highest BCUT2D eigenvalue weighted by molar-refractivity contribution is 5.19. The van der Waals surface area contributed by atoms with Crippen LogP contribution in [0.5, 0.6) is 0 Å². The van der Waals surface area contributed by atoms with Crippen LogP contribution in [0.2, 0.25) is 0 Å². The highest BCUT2D eigenvalue weighted by atomic mass is 16.8. The Morgan fingerprint density at radius 3 is 2.86 bits per heavy atom. The van der Waals surface area contributed by atoms with Crippen molar-refractivity contribution in [3.63, 3.8) is 0 Å². The van der Waals surface area contributed by atoms with Gasteiger partial charge in [0, 0.05) is 6.07 Å². The second-order valence-electron chi connectivity index (χ2n) is 5.94. The Balaban J connectivity index is 1.87. The van der Waals surface area contributed by atoms with Gasteiger partial charge in [0.25, 0.3) is 5.56 Å². The van der Waals surface area contributed by atoms with Gasteiger partial charge in [0.05, 0.1) is 18.3 Å². The van der Waals surface area contributed by atoms with Crippen LogP contribution in [0.1, 0.15) is 31.7 Å². The molecule has 8 nitrogen and oxygen atoms in total. The van der Waals surface area contributed by atoms with E-state index in [0.717, 1.165) is 0 Å². The summed E-state index contributed by atoms with van der Waals surface area (Å²) in [6, 6.07) is 1.01. The minimum Gasteiger partial charge on any atom is -0.353 e. The Kier molecular flexibility index (Phi) is 2.68. The molecule has 4 atom stereocenters. The zero-order chi connectivity index (χ0) is 14.8. The SMILES string of the molecule is CC1(C)O[C@H]2[C@H]([C@H]3COCO3)n3c(cc(=O)[nH]c3=O)[C@H]2O1. The quantitative estimate of drug-likeness (QED) is 0.762. The fourth-order valence-corrected chi connectivity index (χ4v) is 3.39. The van der Waals surface area contributed by atoms with Crippen LogP contribution in [0.25, 0.3) is 0 Å². The predicted octanol–water partition coefficient (Wildman–Crippen LogP) is -0.343. The monoisotopic (exact) mass is 296 g/mol. The molecule has 1 aromatic rings. The zero-order valence-electron chi connectivity index (χ0n) is 11.7. The van der Waals surface area contributed by atoms with Crippen LogP contribution in [0.4, 0.5) is 0 Å². The highest BCUT2D eigenvalue weighted by Gasteiger charge is 2.55. The molecule has 0 unspecified atom stereocenters. The Hall–Kier alpha value is -1.48. The number of rotatable bonds is 1. The lowest BCUT2D eigenvalue weighted by Gasteiger charge is -2.26. The molecule has 2 fully saturated rings. The molecular formula is C13H16N2O6. The molecule has 2 saturated heterocycles. The molecule has 0 amide bonds. The van der Waals surface area contributed by atoms with Gasteiger partial charge in [-0.2, -0.15) is 0 Å². The van der Waals surface area contributed by atoms with Crippen molar-refractivity contribution in [3.8, 4) is 0 Å². The second-order valence-corrected chi connectivity index (χ2v) is 5.94. The Labute approximate surface area is 119 Å². The standard InChI is InChI=1S/C13H16N2O6/c1-13(2)20-10-6-3-8(16)14-12(17)15(6)9(11(10)21-13)7-4-18-5-19-7/h3,7,9-11H,4-5H2,1-2H3,(H,14,16,17)/t7-,9+,10-,11+/m1/s1. The first kappa shape index (κ1) is 13.2. The number of hydrogen-bond donors (Lipinski definition) is 1. The Morgan fingerprint density at radius 2 is 2.14 bits per heavy atom. The summed E-state index contributed by atoms with van der Waals surface area (Å²) >= 11 is 0. The molecule has 114 valence electrons. The van der Waals surface area contributed by atoms with E-state index in [-0.39, 0.29) is 25.0 Å². The molecule has 0 spiro atoms. The molecule has 0 bridgehead atoms. The van der Waals surface area contributed by atoms with Crippen LogP contribution in [-0.4, -0.2) is 40.9 Å². The van der Waals surface area contributed by atoms with Crippen molar-refractivity contribution >= 4 is 0 Å². The van der Waals surface area contributed by atoms with E-state index >= 15 is 0 Å². The lowest BCUT2D eigenvalue weighted by Crippen LogP contribution is -2.41. The number of hydrogen-bond acceptors (Lipinski definition) is 6. The number of nitrogens with one attached hydrogen (secondary N) is 1. The van der Waals surface area contributed by atoms with Gasteiger partial charge in [0.2, 0.25) is 0 Å². The minimum atomic E-state index is -0.767. The summed E-state index contributed by atoms with van der Waals surface area (Å²) in [6.45, 7) is 4.19. The van der Waals surface area contributed by atoms with Crippen molar-refractivity contribution in [1.82, 2.24) is 9.55 Å². The molecule has 0 radical (unpaired) electrons. The van der Waals surface area contributed by atoms with E-state index < -0.39 is 23.1 Å². The molecule has 0 aromatic carbocycles. The summed E-state index contributed by atoms with van der Waals surface area (Å²) in [5, 5.41) is 0. The summed E-state index contributed by atoms with van der Waals surface area (Å²) in [5.41, 5.74) is -0.389. The normalized spacial score (nSPS) is 36.7. The Bertz CT molecular complexity index is 687. The largest absolute Gasteiger partial charge is 0.353 e. The fourth-order valence-electron chi connectivity index (χ4n) is 3.39. The topological polar surface area (TPSA) is 91.8 Å². The number of H-pyrrole nitrogens is 1. The molecule has 4 heterocycles. The van der Waals surface area contributed by atoms with Gasteiger partial charge >= 0.3 is 5.69 Å². The minimum absolute atomic E-state index is 0.191. The van der Waals surface area contributed by atoms with Gasteiger partial charge in [-0.25, -0.2) is 4.79 Å².